The average Bonchev–Trinajstić information content (AvgIpc) is 2.44. The predicted octanol–water partition coefficient (Wildman–Crippen LogP) is 1.66. The Kier molecular flexibility index (Phi) is 6.26. The number of hydrogen-bond donors (Lipinski definition) is 2. The van der Waals surface area contributed by atoms with Crippen LogP contribution in [0.5, 0.6) is 5.75 Å². The van der Waals surface area contributed by atoms with Crippen molar-refractivity contribution in [3.05, 3.63) is 28.3 Å². The van der Waals surface area contributed by atoms with Gasteiger partial charge in [0.15, 0.2) is 0 Å². The lowest BCUT2D eigenvalue weighted by molar-refractivity contribution is -0.384. The van der Waals surface area contributed by atoms with E-state index in [-0.39, 0.29) is 29.2 Å². The van der Waals surface area contributed by atoms with Gasteiger partial charge in [-0.05, 0) is 13.0 Å². The third kappa shape index (κ3) is 4.39. The fourth-order valence-electron chi connectivity index (χ4n) is 1.44. The molecule has 0 spiro atoms. The van der Waals surface area contributed by atoms with Crippen molar-refractivity contribution in [1.82, 2.24) is 0 Å². The lowest BCUT2D eigenvalue weighted by Crippen LogP contribution is -2.23. The summed E-state index contributed by atoms with van der Waals surface area (Å²) in [5.74, 6) is 0.439. The molecule has 1 aromatic rings. The minimum Gasteiger partial charge on any atom is -0.494 e. The highest BCUT2D eigenvalue weighted by atomic mass is 32.2. The first-order valence-electron chi connectivity index (χ1n) is 5.85. The number of ether oxygens (including phenoxy) is 1. The van der Waals surface area contributed by atoms with Gasteiger partial charge in [-0.2, -0.15) is 0 Å². The number of rotatable bonds is 7. The van der Waals surface area contributed by atoms with E-state index < -0.39 is 4.92 Å². The van der Waals surface area contributed by atoms with Gasteiger partial charge in [0.25, 0.3) is 5.69 Å². The predicted molar refractivity (Wildman–Crippen MR) is 77.3 cm³/mol. The second-order valence-electron chi connectivity index (χ2n) is 3.87. The normalized spacial score (nSPS) is 11.8. The van der Waals surface area contributed by atoms with E-state index in [2.05, 4.69) is 5.32 Å². The molecule has 1 rings (SSSR count). The molecule has 2 N–H and O–H groups in total. The molecule has 0 aliphatic heterocycles. The fraction of sp³-hybridized carbons (Fsp3) is 0.417. The second kappa shape index (κ2) is 7.71. The lowest BCUT2D eigenvalue weighted by atomic mass is 10.2. The molecule has 0 bridgehead atoms. The first kappa shape index (κ1) is 16.3. The minimum atomic E-state index is -0.534. The van der Waals surface area contributed by atoms with Crippen LogP contribution in [0.3, 0.4) is 0 Å². The molecule has 1 amide bonds. The van der Waals surface area contributed by atoms with Gasteiger partial charge in [-0.1, -0.05) is 0 Å². The molecule has 110 valence electrons. The summed E-state index contributed by atoms with van der Waals surface area (Å²) in [6.45, 7) is 1.72. The van der Waals surface area contributed by atoms with Crippen molar-refractivity contribution in [3.63, 3.8) is 0 Å². The smallest absolute Gasteiger partial charge is 0.273 e. The summed E-state index contributed by atoms with van der Waals surface area (Å²) in [5, 5.41) is 21.7. The van der Waals surface area contributed by atoms with Crippen molar-refractivity contribution in [2.75, 3.05) is 24.8 Å². The molecule has 0 heterocycles. The molecule has 0 aromatic heterocycles. The lowest BCUT2D eigenvalue weighted by Gasteiger charge is -2.13. The summed E-state index contributed by atoms with van der Waals surface area (Å²) in [6.07, 6.45) is 0. The fourth-order valence-corrected chi connectivity index (χ4v) is 2.11. The van der Waals surface area contributed by atoms with E-state index in [4.69, 9.17) is 9.84 Å². The SMILES string of the molecule is COc1cc([N+](=O)[O-])ccc1NC(=O)[C@@H](C)SCCO. The van der Waals surface area contributed by atoms with E-state index in [1.807, 2.05) is 0 Å². The van der Waals surface area contributed by atoms with Gasteiger partial charge < -0.3 is 15.2 Å². The summed E-state index contributed by atoms with van der Waals surface area (Å²) in [7, 11) is 1.37. The molecule has 7 nitrogen and oxygen atoms in total. The number of nitrogens with zero attached hydrogens (tertiary/aromatic N) is 1. The Morgan fingerprint density at radius 1 is 1.60 bits per heavy atom. The van der Waals surface area contributed by atoms with E-state index >= 15 is 0 Å². The molecule has 0 saturated carbocycles. The van der Waals surface area contributed by atoms with Gasteiger partial charge in [0.05, 0.1) is 35.6 Å². The maximum atomic E-state index is 11.9. The molecule has 0 aliphatic carbocycles. The number of carbonyl (C=O) groups is 1. The highest BCUT2D eigenvalue weighted by Crippen LogP contribution is 2.29. The number of benzene rings is 1. The van der Waals surface area contributed by atoms with Gasteiger partial charge in [-0.3, -0.25) is 14.9 Å². The summed E-state index contributed by atoms with van der Waals surface area (Å²) < 4.78 is 5.03. The van der Waals surface area contributed by atoms with E-state index in [1.165, 1.54) is 37.1 Å². The van der Waals surface area contributed by atoms with Crippen LogP contribution in [0.1, 0.15) is 6.92 Å². The van der Waals surface area contributed by atoms with Crippen molar-refractivity contribution >= 4 is 29.0 Å². The van der Waals surface area contributed by atoms with E-state index in [9.17, 15) is 14.9 Å². The van der Waals surface area contributed by atoms with Crippen LogP contribution in [-0.2, 0) is 4.79 Å². The molecular formula is C12H16N2O5S. The zero-order chi connectivity index (χ0) is 15.1. The topological polar surface area (TPSA) is 102 Å². The van der Waals surface area contributed by atoms with Crippen molar-refractivity contribution in [3.8, 4) is 5.75 Å². The summed E-state index contributed by atoms with van der Waals surface area (Å²) in [4.78, 5) is 22.0. The summed E-state index contributed by atoms with van der Waals surface area (Å²) >= 11 is 1.31. The number of non-ortho nitro benzene ring substituents is 1. The molecular weight excluding hydrogens is 284 g/mol. The van der Waals surface area contributed by atoms with E-state index in [0.29, 0.717) is 11.4 Å². The van der Waals surface area contributed by atoms with Gasteiger partial charge in [0, 0.05) is 11.8 Å². The molecule has 0 saturated heterocycles. The second-order valence-corrected chi connectivity index (χ2v) is 5.32. The highest BCUT2D eigenvalue weighted by molar-refractivity contribution is 8.00. The third-order valence-electron chi connectivity index (χ3n) is 2.48. The molecule has 1 atom stereocenters. The zero-order valence-corrected chi connectivity index (χ0v) is 12.0. The first-order valence-corrected chi connectivity index (χ1v) is 6.90. The maximum Gasteiger partial charge on any atom is 0.273 e. The third-order valence-corrected chi connectivity index (χ3v) is 3.61. The van der Waals surface area contributed by atoms with Crippen molar-refractivity contribution in [1.29, 1.82) is 0 Å². The Bertz CT molecular complexity index is 495. The molecule has 0 radical (unpaired) electrons. The monoisotopic (exact) mass is 300 g/mol. The molecule has 8 heteroatoms. The van der Waals surface area contributed by atoms with E-state index in [0.717, 1.165) is 0 Å². The van der Waals surface area contributed by atoms with Crippen molar-refractivity contribution in [2.24, 2.45) is 0 Å². The van der Waals surface area contributed by atoms with Gasteiger partial charge in [0.2, 0.25) is 5.91 Å². The van der Waals surface area contributed by atoms with Crippen LogP contribution in [0.2, 0.25) is 0 Å². The number of thioether (sulfide) groups is 1. The number of hydrogen-bond acceptors (Lipinski definition) is 6. The van der Waals surface area contributed by atoms with Crippen LogP contribution >= 0.6 is 11.8 Å². The van der Waals surface area contributed by atoms with Crippen LogP contribution in [-0.4, -0.2) is 40.7 Å². The van der Waals surface area contributed by atoms with Crippen LogP contribution in [0.15, 0.2) is 18.2 Å². The standard InChI is InChI=1S/C12H16N2O5S/c1-8(20-6-5-15)12(16)13-10-4-3-9(14(17)18)7-11(10)19-2/h3-4,7-8,15H,5-6H2,1-2H3,(H,13,16)/t8-/m1/s1. The Labute approximate surface area is 120 Å². The number of aliphatic hydroxyl groups is 1. The quantitative estimate of drug-likeness (QED) is 0.586. The Morgan fingerprint density at radius 3 is 2.85 bits per heavy atom. The highest BCUT2D eigenvalue weighted by Gasteiger charge is 2.17. The number of methoxy groups -OCH3 is 1. The zero-order valence-electron chi connectivity index (χ0n) is 11.2. The largest absolute Gasteiger partial charge is 0.494 e. The minimum absolute atomic E-state index is 0.00311. The summed E-state index contributed by atoms with van der Waals surface area (Å²) in [5.41, 5.74) is 0.266. The van der Waals surface area contributed by atoms with Gasteiger partial charge in [0.1, 0.15) is 5.75 Å². The molecule has 0 unspecified atom stereocenters. The number of nitro benzene ring substituents is 1. The molecule has 0 aliphatic rings. The van der Waals surface area contributed by atoms with Crippen LogP contribution in [0.4, 0.5) is 11.4 Å². The number of nitro groups is 1. The van der Waals surface area contributed by atoms with E-state index in [1.54, 1.807) is 6.92 Å². The van der Waals surface area contributed by atoms with Crippen molar-refractivity contribution in [2.45, 2.75) is 12.2 Å². The van der Waals surface area contributed by atoms with Crippen LogP contribution in [0, 0.1) is 10.1 Å². The van der Waals surface area contributed by atoms with Gasteiger partial charge >= 0.3 is 0 Å². The van der Waals surface area contributed by atoms with Crippen LogP contribution in [0.25, 0.3) is 0 Å². The first-order chi connectivity index (χ1) is 9.49. The number of anilines is 1. The van der Waals surface area contributed by atoms with Gasteiger partial charge in [-0.15, -0.1) is 11.8 Å². The molecule has 1 aromatic carbocycles. The Hall–Kier alpha value is -1.80. The molecule has 20 heavy (non-hydrogen) atoms. The Balaban J connectivity index is 2.81. The maximum absolute atomic E-state index is 11.9. The number of aliphatic hydroxyl groups excluding tert-OH is 1. The number of amides is 1. The molecule has 0 fully saturated rings. The average molecular weight is 300 g/mol. The number of carbonyl (C=O) groups excluding carboxylic acids is 1. The summed E-state index contributed by atoms with van der Waals surface area (Å²) in [6, 6.07) is 3.98. The van der Waals surface area contributed by atoms with Crippen molar-refractivity contribution < 1.29 is 19.6 Å². The Morgan fingerprint density at radius 2 is 2.30 bits per heavy atom. The number of nitrogens with one attached hydrogen (secondary N) is 1. The van der Waals surface area contributed by atoms with Crippen LogP contribution < -0.4 is 10.1 Å². The van der Waals surface area contributed by atoms with Gasteiger partial charge in [-0.25, -0.2) is 0 Å².